The van der Waals surface area contributed by atoms with E-state index in [9.17, 15) is 22.4 Å². The molecule has 0 saturated carbocycles. The van der Waals surface area contributed by atoms with Gasteiger partial charge in [-0.05, 0) is 6.07 Å². The maximum atomic E-state index is 14.5. The Morgan fingerprint density at radius 3 is 2.84 bits per heavy atom. The lowest BCUT2D eigenvalue weighted by Gasteiger charge is -2.33. The second kappa shape index (κ2) is 8.94. The van der Waals surface area contributed by atoms with E-state index in [1.54, 1.807) is 0 Å². The number of anilines is 1. The molecule has 3 rings (SSSR count). The number of hydrogen-bond acceptors (Lipinski definition) is 7. The van der Waals surface area contributed by atoms with Crippen LogP contribution in [0.1, 0.15) is 9.68 Å². The zero-order valence-electron chi connectivity index (χ0n) is 18.3. The van der Waals surface area contributed by atoms with Gasteiger partial charge in [0.15, 0.2) is 17.2 Å². The van der Waals surface area contributed by atoms with Crippen LogP contribution >= 0.6 is 11.6 Å². The summed E-state index contributed by atoms with van der Waals surface area (Å²) in [7, 11) is -2.78. The molecule has 166 valence electrons. The fourth-order valence-corrected chi connectivity index (χ4v) is 2.94. The second-order valence-corrected chi connectivity index (χ2v) is 6.62. The number of pyridine rings is 1. The van der Waals surface area contributed by atoms with Crippen molar-refractivity contribution in [1.82, 2.24) is 4.98 Å². The molecule has 1 aliphatic heterocycles. The number of nitrogens with two attached hydrogens (primary N) is 1. The normalized spacial score (nSPS) is 20.3. The maximum Gasteiger partial charge on any atom is 0.418 e. The summed E-state index contributed by atoms with van der Waals surface area (Å²) in [5.41, 5.74) is 1.46. The molecule has 0 fully saturated rings. The highest BCUT2D eigenvalue weighted by Gasteiger charge is 2.47. The van der Waals surface area contributed by atoms with E-state index in [-0.39, 0.29) is 23.2 Å². The first-order valence-electron chi connectivity index (χ1n) is 9.84. The number of nitrogens with zero attached hydrogens (tertiary/aromatic N) is 2. The van der Waals surface area contributed by atoms with Crippen LogP contribution in [0.5, 0.6) is 11.6 Å². The van der Waals surface area contributed by atoms with E-state index in [0.29, 0.717) is 6.07 Å². The molecule has 0 spiro atoms. The molecule has 0 unspecified atom stereocenters. The van der Waals surface area contributed by atoms with E-state index in [1.807, 2.05) is 5.32 Å². The van der Waals surface area contributed by atoms with Crippen LogP contribution in [-0.4, -0.2) is 43.6 Å². The average Bonchev–Trinajstić information content (AvgIpc) is 2.71. The van der Waals surface area contributed by atoms with Crippen molar-refractivity contribution in [2.75, 3.05) is 25.6 Å². The molecule has 8 nitrogen and oxygen atoms in total. The van der Waals surface area contributed by atoms with Crippen LogP contribution in [0.25, 0.3) is 0 Å². The zero-order chi connectivity index (χ0) is 25.3. The third-order valence-corrected chi connectivity index (χ3v) is 4.38. The van der Waals surface area contributed by atoms with Gasteiger partial charge in [0.25, 0.3) is 6.43 Å². The van der Waals surface area contributed by atoms with Crippen LogP contribution in [0.3, 0.4) is 0 Å². The Kier molecular flexibility index (Phi) is 5.37. The fourth-order valence-electron chi connectivity index (χ4n) is 2.75. The van der Waals surface area contributed by atoms with Crippen LogP contribution in [0, 0.1) is 11.6 Å². The largest absolute Gasteiger partial charge is 0.495 e. The first-order valence-corrected chi connectivity index (χ1v) is 8.71. The number of amidine groups is 1. The first-order chi connectivity index (χ1) is 15.8. The molecule has 3 N–H and O–H groups in total. The van der Waals surface area contributed by atoms with Crippen LogP contribution in [0.2, 0.25) is 5.02 Å². The van der Waals surface area contributed by atoms with E-state index in [0.717, 1.165) is 18.3 Å². The Bertz CT molecular complexity index is 1140. The SMILES string of the molecule is [2H]C([2H])([2H])Oc1cnc(OC(=O)Nc2cc(F)c(F)c([C@]3(C(F)F)COCC(N)=N3)c2)c(Cl)c1. The van der Waals surface area contributed by atoms with E-state index < -0.39 is 60.5 Å². The molecule has 0 aliphatic carbocycles. The van der Waals surface area contributed by atoms with Crippen molar-refractivity contribution in [2.45, 2.75) is 12.0 Å². The highest BCUT2D eigenvalue weighted by molar-refractivity contribution is 6.32. The quantitative estimate of drug-likeness (QED) is 0.654. The number of aromatic nitrogens is 1. The number of halogens is 5. The van der Waals surface area contributed by atoms with Gasteiger partial charge < -0.3 is 19.9 Å². The molecule has 1 aromatic carbocycles. The molecule has 0 saturated heterocycles. The van der Waals surface area contributed by atoms with Crippen LogP contribution in [-0.2, 0) is 10.3 Å². The van der Waals surface area contributed by atoms with Crippen LogP contribution < -0.4 is 20.5 Å². The van der Waals surface area contributed by atoms with Gasteiger partial charge in [0.1, 0.15) is 23.2 Å². The molecule has 31 heavy (non-hydrogen) atoms. The average molecular weight is 466 g/mol. The highest BCUT2D eigenvalue weighted by atomic mass is 35.5. The number of methoxy groups -OCH3 is 1. The third-order valence-electron chi connectivity index (χ3n) is 4.11. The monoisotopic (exact) mass is 465 g/mol. The minimum Gasteiger partial charge on any atom is -0.495 e. The van der Waals surface area contributed by atoms with Gasteiger partial charge in [-0.2, -0.15) is 0 Å². The number of aliphatic imine (C=N–C) groups is 1. The zero-order valence-corrected chi connectivity index (χ0v) is 16.1. The van der Waals surface area contributed by atoms with Crippen molar-refractivity contribution in [2.24, 2.45) is 10.7 Å². The molecule has 1 atom stereocenters. The first kappa shape index (κ1) is 18.6. The second-order valence-electron chi connectivity index (χ2n) is 6.22. The van der Waals surface area contributed by atoms with Gasteiger partial charge in [0.2, 0.25) is 5.88 Å². The fraction of sp³-hybridized carbons (Fsp3) is 0.278. The smallest absolute Gasteiger partial charge is 0.418 e. The summed E-state index contributed by atoms with van der Waals surface area (Å²) in [6, 6.07) is 2.27. The van der Waals surface area contributed by atoms with Crippen molar-refractivity contribution in [3.05, 3.63) is 46.6 Å². The Labute approximate surface area is 182 Å². The summed E-state index contributed by atoms with van der Waals surface area (Å²) in [4.78, 5) is 19.5. The minimum absolute atomic E-state index is 0.241. The van der Waals surface area contributed by atoms with E-state index in [2.05, 4.69) is 14.7 Å². The number of benzene rings is 1. The van der Waals surface area contributed by atoms with Crippen molar-refractivity contribution < 1.29 is 40.7 Å². The lowest BCUT2D eigenvalue weighted by molar-refractivity contribution is -0.0148. The standard InChI is InChI=1S/C18H15ClF4N4O4/c1-29-9-4-11(19)15(25-5-9)31-17(28)26-8-2-10(14(21)12(20)3-8)18(16(22)23)7-30-6-13(24)27-18/h2-5,16H,6-7H2,1H3,(H2,24,27)(H,26,28)/t18-/m0/s1/i1D3. The van der Waals surface area contributed by atoms with Crippen molar-refractivity contribution in [1.29, 1.82) is 0 Å². The molecule has 0 radical (unpaired) electrons. The molecule has 1 aliphatic rings. The van der Waals surface area contributed by atoms with Crippen molar-refractivity contribution in [3.8, 4) is 11.6 Å². The molecular formula is C18H15ClF4N4O4. The van der Waals surface area contributed by atoms with Crippen LogP contribution in [0.15, 0.2) is 29.4 Å². The van der Waals surface area contributed by atoms with Crippen LogP contribution in [0.4, 0.5) is 28.0 Å². The molecule has 1 aromatic heterocycles. The van der Waals surface area contributed by atoms with E-state index in [4.69, 9.17) is 30.9 Å². The number of ether oxygens (including phenoxy) is 3. The Hall–Kier alpha value is -3.12. The van der Waals surface area contributed by atoms with Gasteiger partial charge in [0, 0.05) is 23.4 Å². The third kappa shape index (κ3) is 4.64. The van der Waals surface area contributed by atoms with Gasteiger partial charge in [-0.3, -0.25) is 10.3 Å². The minimum atomic E-state index is -3.33. The van der Waals surface area contributed by atoms with Gasteiger partial charge in [-0.1, -0.05) is 11.6 Å². The molecule has 2 heterocycles. The van der Waals surface area contributed by atoms with Gasteiger partial charge >= 0.3 is 6.09 Å². The molecule has 2 aromatic rings. The maximum absolute atomic E-state index is 14.5. The van der Waals surface area contributed by atoms with Crippen molar-refractivity contribution in [3.63, 3.8) is 0 Å². The highest BCUT2D eigenvalue weighted by Crippen LogP contribution is 2.38. The van der Waals surface area contributed by atoms with E-state index >= 15 is 0 Å². The number of carbonyl (C=O) groups excluding carboxylic acids is 1. The van der Waals surface area contributed by atoms with Gasteiger partial charge in [-0.25, -0.2) is 27.3 Å². The summed E-state index contributed by atoms with van der Waals surface area (Å²) in [6.45, 7) is -1.06. The van der Waals surface area contributed by atoms with Gasteiger partial charge in [0.05, 0.1) is 24.0 Å². The molecule has 13 heteroatoms. The molecular weight excluding hydrogens is 448 g/mol. The summed E-state index contributed by atoms with van der Waals surface area (Å²) >= 11 is 5.88. The topological polar surface area (TPSA) is 108 Å². The number of alkyl halides is 2. The number of amides is 1. The predicted octanol–water partition coefficient (Wildman–Crippen LogP) is 3.48. The summed E-state index contributed by atoms with van der Waals surface area (Å²) < 4.78 is 92.0. The molecule has 0 bridgehead atoms. The number of hydrogen-bond donors (Lipinski definition) is 2. The Morgan fingerprint density at radius 2 is 2.19 bits per heavy atom. The van der Waals surface area contributed by atoms with E-state index in [1.165, 1.54) is 0 Å². The molecule has 1 amide bonds. The number of nitrogens with one attached hydrogen (secondary N) is 1. The number of rotatable bonds is 5. The summed E-state index contributed by atoms with van der Waals surface area (Å²) in [5.74, 6) is -4.27. The van der Waals surface area contributed by atoms with Gasteiger partial charge in [-0.15, -0.1) is 0 Å². The Balaban J connectivity index is 1.85. The Morgan fingerprint density at radius 1 is 1.42 bits per heavy atom. The lowest BCUT2D eigenvalue weighted by Crippen LogP contribution is -2.45. The summed E-state index contributed by atoms with van der Waals surface area (Å²) in [6.07, 6.45) is -3.72. The predicted molar refractivity (Wildman–Crippen MR) is 102 cm³/mol. The summed E-state index contributed by atoms with van der Waals surface area (Å²) in [5, 5.41) is 1.72. The number of carbonyl (C=O) groups is 1. The van der Waals surface area contributed by atoms with Crippen molar-refractivity contribution >= 4 is 29.2 Å². The lowest BCUT2D eigenvalue weighted by atomic mass is 9.89.